The van der Waals surface area contributed by atoms with Crippen LogP contribution < -0.4 is 10.6 Å². The van der Waals surface area contributed by atoms with Crippen LogP contribution in [0, 0.1) is 5.82 Å². The number of aromatic nitrogens is 1. The zero-order valence-corrected chi connectivity index (χ0v) is 16.4. The molecule has 28 heavy (non-hydrogen) atoms. The maximum Gasteiger partial charge on any atom is 0.253 e. The Morgan fingerprint density at radius 3 is 2.57 bits per heavy atom. The second kappa shape index (κ2) is 8.85. The average molecular weight is 398 g/mol. The summed E-state index contributed by atoms with van der Waals surface area (Å²) in [5, 5.41) is 6.70. The minimum absolute atomic E-state index is 0.134. The Labute approximate surface area is 168 Å². The van der Waals surface area contributed by atoms with Crippen molar-refractivity contribution in [2.24, 2.45) is 0 Å². The first-order valence-corrected chi connectivity index (χ1v) is 9.35. The highest BCUT2D eigenvalue weighted by atomic mass is 35.5. The summed E-state index contributed by atoms with van der Waals surface area (Å²) < 4.78 is 13.0. The first-order valence-electron chi connectivity index (χ1n) is 8.97. The highest BCUT2D eigenvalue weighted by molar-refractivity contribution is 6.30. The van der Waals surface area contributed by atoms with Crippen LogP contribution in [-0.2, 0) is 6.54 Å². The first kappa shape index (κ1) is 19.8. The highest BCUT2D eigenvalue weighted by Crippen LogP contribution is 2.25. The van der Waals surface area contributed by atoms with Crippen LogP contribution in [0.15, 0.2) is 60.8 Å². The summed E-state index contributed by atoms with van der Waals surface area (Å²) in [6, 6.07) is 15.3. The Bertz CT molecular complexity index is 974. The lowest BCUT2D eigenvalue weighted by Gasteiger charge is -2.15. The molecule has 1 aromatic heterocycles. The molecule has 0 bridgehead atoms. The van der Waals surface area contributed by atoms with Gasteiger partial charge in [0.05, 0.1) is 5.56 Å². The zero-order chi connectivity index (χ0) is 20.1. The molecule has 0 saturated heterocycles. The van der Waals surface area contributed by atoms with E-state index in [1.165, 1.54) is 12.1 Å². The number of amides is 1. The number of carbonyl (C=O) groups is 1. The fraction of sp³-hybridized carbons (Fsp3) is 0.182. The molecule has 0 aliphatic carbocycles. The molecule has 3 rings (SSSR count). The van der Waals surface area contributed by atoms with E-state index >= 15 is 0 Å². The highest BCUT2D eigenvalue weighted by Gasteiger charge is 2.15. The van der Waals surface area contributed by atoms with Crippen molar-refractivity contribution in [1.29, 1.82) is 0 Å². The van der Waals surface area contributed by atoms with Crippen LogP contribution in [0.5, 0.6) is 0 Å². The van der Waals surface area contributed by atoms with Gasteiger partial charge in [-0.15, -0.1) is 0 Å². The molecule has 144 valence electrons. The molecule has 1 heterocycles. The van der Waals surface area contributed by atoms with E-state index in [-0.39, 0.29) is 17.6 Å². The molecule has 0 radical (unpaired) electrons. The number of benzene rings is 2. The van der Waals surface area contributed by atoms with Gasteiger partial charge in [0.25, 0.3) is 5.91 Å². The Hall–Kier alpha value is -2.92. The summed E-state index contributed by atoms with van der Waals surface area (Å²) in [6.07, 6.45) is 1.57. The third-order valence-corrected chi connectivity index (χ3v) is 4.50. The van der Waals surface area contributed by atoms with Crippen molar-refractivity contribution >= 4 is 29.0 Å². The number of carbonyl (C=O) groups excluding carboxylic acids is 1. The van der Waals surface area contributed by atoms with Gasteiger partial charge in [0.1, 0.15) is 11.6 Å². The molecule has 4 nitrogen and oxygen atoms in total. The summed E-state index contributed by atoms with van der Waals surface area (Å²) in [7, 11) is 0. The number of hydrogen-bond donors (Lipinski definition) is 2. The summed E-state index contributed by atoms with van der Waals surface area (Å²) in [4.78, 5) is 17.0. The van der Waals surface area contributed by atoms with Crippen molar-refractivity contribution < 1.29 is 9.18 Å². The minimum atomic E-state index is -0.302. The standard InChI is InChI=1S/C22H21ClFN3O/c1-14(2)19-11-21(27-18-5-3-4-16(23)10-18)25-13-20(19)22(28)26-12-15-6-8-17(24)9-7-15/h3-11,13-14H,12H2,1-2H3,(H,25,27)(H,26,28). The predicted octanol–water partition coefficient (Wildman–Crippen LogP) is 5.67. The van der Waals surface area contributed by atoms with E-state index in [9.17, 15) is 9.18 Å². The van der Waals surface area contributed by atoms with Gasteiger partial charge in [-0.1, -0.05) is 43.6 Å². The van der Waals surface area contributed by atoms with Gasteiger partial charge in [0.2, 0.25) is 0 Å². The van der Waals surface area contributed by atoms with Crippen LogP contribution in [0.2, 0.25) is 5.02 Å². The number of halogens is 2. The lowest BCUT2D eigenvalue weighted by Crippen LogP contribution is -2.24. The van der Waals surface area contributed by atoms with Crippen LogP contribution in [0.4, 0.5) is 15.9 Å². The molecule has 2 aromatic carbocycles. The van der Waals surface area contributed by atoms with Crippen molar-refractivity contribution in [3.05, 3.63) is 88.3 Å². The van der Waals surface area contributed by atoms with Crippen LogP contribution in [-0.4, -0.2) is 10.9 Å². The molecule has 0 aliphatic heterocycles. The topological polar surface area (TPSA) is 54.0 Å². The SMILES string of the molecule is CC(C)c1cc(Nc2cccc(Cl)c2)ncc1C(=O)NCc1ccc(F)cc1. The van der Waals surface area contributed by atoms with Gasteiger partial charge >= 0.3 is 0 Å². The molecule has 0 unspecified atom stereocenters. The number of hydrogen-bond acceptors (Lipinski definition) is 3. The molecule has 0 saturated carbocycles. The van der Waals surface area contributed by atoms with Crippen molar-refractivity contribution in [2.75, 3.05) is 5.32 Å². The van der Waals surface area contributed by atoms with Crippen LogP contribution in [0.25, 0.3) is 0 Å². The van der Waals surface area contributed by atoms with Crippen molar-refractivity contribution in [3.8, 4) is 0 Å². The van der Waals surface area contributed by atoms with Gasteiger partial charge < -0.3 is 10.6 Å². The van der Waals surface area contributed by atoms with Gasteiger partial charge in [-0.3, -0.25) is 4.79 Å². The molecule has 0 aliphatic rings. The summed E-state index contributed by atoms with van der Waals surface area (Å²) in [6.45, 7) is 4.36. The molecule has 1 amide bonds. The lowest BCUT2D eigenvalue weighted by molar-refractivity contribution is 0.0949. The van der Waals surface area contributed by atoms with Crippen LogP contribution in [0.1, 0.15) is 41.3 Å². The molecule has 6 heteroatoms. The zero-order valence-electron chi connectivity index (χ0n) is 15.7. The largest absolute Gasteiger partial charge is 0.348 e. The number of rotatable bonds is 6. The second-order valence-corrected chi connectivity index (χ2v) is 7.19. The van der Waals surface area contributed by atoms with Crippen molar-refractivity contribution in [2.45, 2.75) is 26.3 Å². The number of anilines is 2. The first-order chi connectivity index (χ1) is 13.4. The van der Waals surface area contributed by atoms with E-state index in [0.29, 0.717) is 22.9 Å². The Kier molecular flexibility index (Phi) is 6.26. The third kappa shape index (κ3) is 5.08. The van der Waals surface area contributed by atoms with Crippen LogP contribution in [0.3, 0.4) is 0 Å². The summed E-state index contributed by atoms with van der Waals surface area (Å²) in [5.74, 6) is 0.259. The van der Waals surface area contributed by atoms with E-state index < -0.39 is 0 Å². The molecule has 2 N–H and O–H groups in total. The van der Waals surface area contributed by atoms with Gasteiger partial charge in [0, 0.05) is 23.5 Å². The number of pyridine rings is 1. The normalized spacial score (nSPS) is 10.8. The summed E-state index contributed by atoms with van der Waals surface area (Å²) in [5.41, 5.74) is 3.06. The molecular formula is C22H21ClFN3O. The van der Waals surface area contributed by atoms with Gasteiger partial charge in [-0.2, -0.15) is 0 Å². The molecule has 0 fully saturated rings. The molecule has 0 atom stereocenters. The maximum absolute atomic E-state index is 13.0. The fourth-order valence-electron chi connectivity index (χ4n) is 2.80. The molecule has 0 spiro atoms. The number of nitrogens with one attached hydrogen (secondary N) is 2. The molecular weight excluding hydrogens is 377 g/mol. The third-order valence-electron chi connectivity index (χ3n) is 4.27. The Morgan fingerprint density at radius 1 is 1.14 bits per heavy atom. The van der Waals surface area contributed by atoms with E-state index in [4.69, 9.17) is 11.6 Å². The predicted molar refractivity (Wildman–Crippen MR) is 111 cm³/mol. The Balaban J connectivity index is 1.76. The average Bonchev–Trinajstić information content (AvgIpc) is 2.67. The van der Waals surface area contributed by atoms with Gasteiger partial charge in [0.15, 0.2) is 0 Å². The van der Waals surface area contributed by atoms with E-state index in [1.54, 1.807) is 24.4 Å². The van der Waals surface area contributed by atoms with E-state index in [2.05, 4.69) is 15.6 Å². The monoisotopic (exact) mass is 397 g/mol. The lowest BCUT2D eigenvalue weighted by atomic mass is 9.98. The smallest absolute Gasteiger partial charge is 0.253 e. The summed E-state index contributed by atoms with van der Waals surface area (Å²) >= 11 is 6.02. The minimum Gasteiger partial charge on any atom is -0.348 e. The molecule has 3 aromatic rings. The fourth-order valence-corrected chi connectivity index (χ4v) is 2.99. The Morgan fingerprint density at radius 2 is 1.89 bits per heavy atom. The van der Waals surface area contributed by atoms with Gasteiger partial charge in [-0.05, 0) is 53.4 Å². The van der Waals surface area contributed by atoms with Crippen LogP contribution >= 0.6 is 11.6 Å². The van der Waals surface area contributed by atoms with Crippen molar-refractivity contribution in [1.82, 2.24) is 10.3 Å². The van der Waals surface area contributed by atoms with E-state index in [1.807, 2.05) is 38.1 Å². The number of nitrogens with zero attached hydrogens (tertiary/aromatic N) is 1. The quantitative estimate of drug-likeness (QED) is 0.563. The van der Waals surface area contributed by atoms with E-state index in [0.717, 1.165) is 16.8 Å². The maximum atomic E-state index is 13.0. The second-order valence-electron chi connectivity index (χ2n) is 6.76. The van der Waals surface area contributed by atoms with Gasteiger partial charge in [-0.25, -0.2) is 9.37 Å². The van der Waals surface area contributed by atoms with Crippen molar-refractivity contribution in [3.63, 3.8) is 0 Å².